The van der Waals surface area contributed by atoms with Gasteiger partial charge in [-0.25, -0.2) is 0 Å². The first-order valence-corrected chi connectivity index (χ1v) is 6.13. The van der Waals surface area contributed by atoms with Crippen molar-refractivity contribution in [1.29, 1.82) is 0 Å². The van der Waals surface area contributed by atoms with Gasteiger partial charge in [-0.05, 0) is 38.6 Å². The van der Waals surface area contributed by atoms with E-state index in [0.29, 0.717) is 12.5 Å². The monoisotopic (exact) mass is 213 g/mol. The maximum Gasteiger partial charge on any atom is 0.303 e. The van der Waals surface area contributed by atoms with E-state index >= 15 is 0 Å². The highest BCUT2D eigenvalue weighted by atomic mass is 16.4. The Morgan fingerprint density at radius 2 is 2.13 bits per heavy atom. The van der Waals surface area contributed by atoms with Crippen LogP contribution in [0.3, 0.4) is 0 Å². The van der Waals surface area contributed by atoms with E-state index in [2.05, 4.69) is 12.2 Å². The molecule has 1 rings (SSSR count). The lowest BCUT2D eigenvalue weighted by atomic mass is 10.1. The van der Waals surface area contributed by atoms with Gasteiger partial charge < -0.3 is 10.4 Å². The van der Waals surface area contributed by atoms with Crippen LogP contribution in [0.4, 0.5) is 0 Å². The minimum Gasteiger partial charge on any atom is -0.481 e. The molecule has 0 spiro atoms. The molecule has 15 heavy (non-hydrogen) atoms. The Balaban J connectivity index is 1.81. The quantitative estimate of drug-likeness (QED) is 0.578. The fourth-order valence-electron chi connectivity index (χ4n) is 1.86. The first kappa shape index (κ1) is 12.5. The lowest BCUT2D eigenvalue weighted by molar-refractivity contribution is -0.137. The zero-order chi connectivity index (χ0) is 11.1. The molecule has 0 aromatic heterocycles. The number of carboxylic acids is 1. The molecule has 1 aliphatic carbocycles. The van der Waals surface area contributed by atoms with Crippen LogP contribution >= 0.6 is 0 Å². The fourth-order valence-corrected chi connectivity index (χ4v) is 1.86. The van der Waals surface area contributed by atoms with Crippen LogP contribution in [0.25, 0.3) is 0 Å². The van der Waals surface area contributed by atoms with Gasteiger partial charge in [-0.2, -0.15) is 0 Å². The predicted molar refractivity (Wildman–Crippen MR) is 60.9 cm³/mol. The standard InChI is InChI=1S/C12H23NO2/c1-10(9-11-6-7-11)13-8-4-2-3-5-12(14)15/h10-11,13H,2-9H2,1H3,(H,14,15). The molecular formula is C12H23NO2. The Morgan fingerprint density at radius 3 is 2.73 bits per heavy atom. The molecule has 88 valence electrons. The molecule has 0 bridgehead atoms. The van der Waals surface area contributed by atoms with Crippen molar-refractivity contribution in [2.75, 3.05) is 6.54 Å². The van der Waals surface area contributed by atoms with Gasteiger partial charge in [-0.1, -0.05) is 19.3 Å². The smallest absolute Gasteiger partial charge is 0.303 e. The van der Waals surface area contributed by atoms with Gasteiger partial charge in [0.05, 0.1) is 0 Å². The summed E-state index contributed by atoms with van der Waals surface area (Å²) < 4.78 is 0. The molecule has 3 nitrogen and oxygen atoms in total. The van der Waals surface area contributed by atoms with Crippen molar-refractivity contribution in [3.63, 3.8) is 0 Å². The van der Waals surface area contributed by atoms with Crippen LogP contribution in [-0.4, -0.2) is 23.7 Å². The molecule has 0 saturated heterocycles. The second kappa shape index (κ2) is 6.83. The number of hydrogen-bond donors (Lipinski definition) is 2. The Labute approximate surface area is 92.3 Å². The lowest BCUT2D eigenvalue weighted by Crippen LogP contribution is -2.27. The molecule has 2 N–H and O–H groups in total. The summed E-state index contributed by atoms with van der Waals surface area (Å²) in [5.74, 6) is 0.310. The van der Waals surface area contributed by atoms with Crippen molar-refractivity contribution < 1.29 is 9.90 Å². The number of aliphatic carboxylic acids is 1. The van der Waals surface area contributed by atoms with Gasteiger partial charge in [-0.15, -0.1) is 0 Å². The topological polar surface area (TPSA) is 49.3 Å². The average Bonchev–Trinajstić information content (AvgIpc) is 2.94. The van der Waals surface area contributed by atoms with E-state index < -0.39 is 5.97 Å². The van der Waals surface area contributed by atoms with Crippen molar-refractivity contribution in [3.8, 4) is 0 Å². The van der Waals surface area contributed by atoms with Crippen molar-refractivity contribution in [2.45, 2.75) is 57.9 Å². The van der Waals surface area contributed by atoms with Gasteiger partial charge >= 0.3 is 5.97 Å². The summed E-state index contributed by atoms with van der Waals surface area (Å²) in [5, 5.41) is 11.9. The van der Waals surface area contributed by atoms with Gasteiger partial charge in [0.15, 0.2) is 0 Å². The van der Waals surface area contributed by atoms with E-state index in [9.17, 15) is 4.79 Å². The Morgan fingerprint density at radius 1 is 1.40 bits per heavy atom. The Hall–Kier alpha value is -0.570. The van der Waals surface area contributed by atoms with E-state index in [-0.39, 0.29) is 0 Å². The summed E-state index contributed by atoms with van der Waals surface area (Å²) in [6.45, 7) is 3.28. The third-order valence-corrected chi connectivity index (χ3v) is 2.94. The number of rotatable bonds is 9. The SMILES string of the molecule is CC(CC1CC1)NCCCCCC(=O)O. The molecule has 0 aliphatic heterocycles. The highest BCUT2D eigenvalue weighted by Crippen LogP contribution is 2.33. The second-order valence-corrected chi connectivity index (χ2v) is 4.74. The van der Waals surface area contributed by atoms with E-state index in [0.717, 1.165) is 31.7 Å². The zero-order valence-electron chi connectivity index (χ0n) is 9.67. The third kappa shape index (κ3) is 7.37. The molecule has 0 amide bonds. The summed E-state index contributed by atoms with van der Waals surface area (Å²) in [4.78, 5) is 10.3. The van der Waals surface area contributed by atoms with Crippen molar-refractivity contribution in [1.82, 2.24) is 5.32 Å². The zero-order valence-corrected chi connectivity index (χ0v) is 9.67. The van der Waals surface area contributed by atoms with Gasteiger partial charge in [-0.3, -0.25) is 4.79 Å². The molecule has 1 unspecified atom stereocenters. The summed E-state index contributed by atoms with van der Waals surface area (Å²) in [5.41, 5.74) is 0. The molecule has 1 saturated carbocycles. The summed E-state index contributed by atoms with van der Waals surface area (Å²) in [6.07, 6.45) is 7.41. The number of hydrogen-bond acceptors (Lipinski definition) is 2. The van der Waals surface area contributed by atoms with E-state index in [1.165, 1.54) is 19.3 Å². The number of carbonyl (C=O) groups is 1. The number of nitrogens with one attached hydrogen (secondary N) is 1. The second-order valence-electron chi connectivity index (χ2n) is 4.74. The molecular weight excluding hydrogens is 190 g/mol. The van der Waals surface area contributed by atoms with Crippen LogP contribution < -0.4 is 5.32 Å². The van der Waals surface area contributed by atoms with E-state index in [4.69, 9.17) is 5.11 Å². The van der Waals surface area contributed by atoms with Crippen LogP contribution in [0, 0.1) is 5.92 Å². The lowest BCUT2D eigenvalue weighted by Gasteiger charge is -2.12. The van der Waals surface area contributed by atoms with Gasteiger partial charge in [0.25, 0.3) is 0 Å². The van der Waals surface area contributed by atoms with E-state index in [1.54, 1.807) is 0 Å². The van der Waals surface area contributed by atoms with Crippen LogP contribution in [0.5, 0.6) is 0 Å². The van der Waals surface area contributed by atoms with Crippen molar-refractivity contribution in [3.05, 3.63) is 0 Å². The predicted octanol–water partition coefficient (Wildman–Crippen LogP) is 2.41. The fraction of sp³-hybridized carbons (Fsp3) is 0.917. The third-order valence-electron chi connectivity index (χ3n) is 2.94. The molecule has 0 heterocycles. The number of unbranched alkanes of at least 4 members (excludes halogenated alkanes) is 2. The Kier molecular flexibility index (Phi) is 5.69. The maximum absolute atomic E-state index is 10.3. The highest BCUT2D eigenvalue weighted by Gasteiger charge is 2.22. The maximum atomic E-state index is 10.3. The Bertz CT molecular complexity index is 190. The first-order chi connectivity index (χ1) is 7.18. The highest BCUT2D eigenvalue weighted by molar-refractivity contribution is 5.66. The largest absolute Gasteiger partial charge is 0.481 e. The van der Waals surface area contributed by atoms with Gasteiger partial charge in [0.2, 0.25) is 0 Å². The molecule has 1 atom stereocenters. The minimum atomic E-state index is -0.676. The summed E-state index contributed by atoms with van der Waals surface area (Å²) >= 11 is 0. The molecule has 0 aromatic rings. The van der Waals surface area contributed by atoms with Gasteiger partial charge in [0, 0.05) is 12.5 Å². The molecule has 1 aliphatic rings. The van der Waals surface area contributed by atoms with Crippen LogP contribution in [-0.2, 0) is 4.79 Å². The molecule has 0 radical (unpaired) electrons. The minimum absolute atomic E-state index is 0.317. The van der Waals surface area contributed by atoms with Crippen LogP contribution in [0.1, 0.15) is 51.9 Å². The van der Waals surface area contributed by atoms with Crippen molar-refractivity contribution in [2.24, 2.45) is 5.92 Å². The van der Waals surface area contributed by atoms with Crippen molar-refractivity contribution >= 4 is 5.97 Å². The summed E-state index contributed by atoms with van der Waals surface area (Å²) in [6, 6.07) is 0.636. The average molecular weight is 213 g/mol. The van der Waals surface area contributed by atoms with E-state index in [1.807, 2.05) is 0 Å². The van der Waals surface area contributed by atoms with Crippen LogP contribution in [0.15, 0.2) is 0 Å². The number of carboxylic acid groups (broad SMARTS) is 1. The normalized spacial score (nSPS) is 17.7. The van der Waals surface area contributed by atoms with Crippen LogP contribution in [0.2, 0.25) is 0 Å². The molecule has 0 aromatic carbocycles. The first-order valence-electron chi connectivity index (χ1n) is 6.13. The van der Waals surface area contributed by atoms with Gasteiger partial charge in [0.1, 0.15) is 0 Å². The molecule has 3 heteroatoms. The summed E-state index contributed by atoms with van der Waals surface area (Å²) in [7, 11) is 0. The molecule has 1 fully saturated rings.